The molecule has 0 aliphatic carbocycles. The van der Waals surface area contributed by atoms with Crippen LogP contribution in [0.1, 0.15) is 23.6 Å². The minimum Gasteiger partial charge on any atom is -0.301 e. The van der Waals surface area contributed by atoms with Gasteiger partial charge in [-0.15, -0.1) is 0 Å². The lowest BCUT2D eigenvalue weighted by molar-refractivity contribution is 0.0866. The Morgan fingerprint density at radius 1 is 0.469 bits per heavy atom. The predicted molar refractivity (Wildman–Crippen MR) is 136 cm³/mol. The van der Waals surface area contributed by atoms with Crippen molar-refractivity contribution in [3.63, 3.8) is 0 Å². The van der Waals surface area contributed by atoms with Crippen LogP contribution in [0.25, 0.3) is 0 Å². The SMILES string of the molecule is CN(Cc1ccccc1)CC(C)(CN(C)Cc1ccccc1)CN(C)Cc1ccccc1. The van der Waals surface area contributed by atoms with Crippen LogP contribution in [-0.4, -0.2) is 55.5 Å². The second-order valence-electron chi connectivity index (χ2n) is 9.78. The largest absolute Gasteiger partial charge is 0.301 e. The molecule has 32 heavy (non-hydrogen) atoms. The van der Waals surface area contributed by atoms with E-state index in [2.05, 4.69) is 134 Å². The number of hydrogen-bond acceptors (Lipinski definition) is 3. The van der Waals surface area contributed by atoms with Gasteiger partial charge in [-0.25, -0.2) is 0 Å². The van der Waals surface area contributed by atoms with E-state index in [0.29, 0.717) is 0 Å². The number of rotatable bonds is 12. The van der Waals surface area contributed by atoms with Gasteiger partial charge in [-0.05, 0) is 37.8 Å². The van der Waals surface area contributed by atoms with Crippen molar-refractivity contribution >= 4 is 0 Å². The molecule has 0 amide bonds. The maximum atomic E-state index is 2.47. The first-order valence-electron chi connectivity index (χ1n) is 11.6. The zero-order valence-corrected chi connectivity index (χ0v) is 20.2. The summed E-state index contributed by atoms with van der Waals surface area (Å²) in [4.78, 5) is 7.42. The highest BCUT2D eigenvalue weighted by molar-refractivity contribution is 5.16. The summed E-state index contributed by atoms with van der Waals surface area (Å²) in [6.07, 6.45) is 0. The molecule has 3 aromatic carbocycles. The summed E-state index contributed by atoms with van der Waals surface area (Å²) >= 11 is 0. The van der Waals surface area contributed by atoms with Gasteiger partial charge in [0.05, 0.1) is 0 Å². The summed E-state index contributed by atoms with van der Waals surface area (Å²) in [7, 11) is 6.75. The third kappa shape index (κ3) is 8.23. The monoisotopic (exact) mass is 429 g/mol. The Morgan fingerprint density at radius 2 is 0.719 bits per heavy atom. The van der Waals surface area contributed by atoms with Crippen LogP contribution in [0.3, 0.4) is 0 Å². The van der Waals surface area contributed by atoms with Gasteiger partial charge in [0.1, 0.15) is 0 Å². The lowest BCUT2D eigenvalue weighted by Crippen LogP contribution is -2.47. The first-order valence-corrected chi connectivity index (χ1v) is 11.6. The molecule has 3 rings (SSSR count). The average Bonchev–Trinajstić information content (AvgIpc) is 2.75. The van der Waals surface area contributed by atoms with Crippen LogP contribution in [-0.2, 0) is 19.6 Å². The third-order valence-electron chi connectivity index (χ3n) is 5.84. The molecule has 0 unspecified atom stereocenters. The fraction of sp³-hybridized carbons (Fsp3) is 0.379. The van der Waals surface area contributed by atoms with Gasteiger partial charge in [0, 0.05) is 44.7 Å². The molecule has 0 bridgehead atoms. The minimum atomic E-state index is 0.136. The predicted octanol–water partition coefficient (Wildman–Crippen LogP) is 5.39. The van der Waals surface area contributed by atoms with Crippen molar-refractivity contribution in [2.24, 2.45) is 5.41 Å². The second kappa shape index (κ2) is 12.0. The van der Waals surface area contributed by atoms with Gasteiger partial charge >= 0.3 is 0 Å². The summed E-state index contributed by atoms with van der Waals surface area (Å²) in [5, 5.41) is 0. The smallest absolute Gasteiger partial charge is 0.0230 e. The normalized spacial score (nSPS) is 12.1. The second-order valence-corrected chi connectivity index (χ2v) is 9.78. The molecule has 3 heteroatoms. The van der Waals surface area contributed by atoms with Crippen LogP contribution in [0, 0.1) is 5.41 Å². The molecule has 0 heterocycles. The highest BCUT2D eigenvalue weighted by Crippen LogP contribution is 2.23. The van der Waals surface area contributed by atoms with Crippen molar-refractivity contribution in [1.29, 1.82) is 0 Å². The molecule has 0 aliphatic heterocycles. The fourth-order valence-corrected chi connectivity index (χ4v) is 4.96. The zero-order valence-electron chi connectivity index (χ0n) is 20.2. The van der Waals surface area contributed by atoms with E-state index in [-0.39, 0.29) is 5.41 Å². The van der Waals surface area contributed by atoms with Gasteiger partial charge in [-0.1, -0.05) is 97.9 Å². The van der Waals surface area contributed by atoms with Gasteiger partial charge in [0.2, 0.25) is 0 Å². The Kier molecular flexibility index (Phi) is 9.04. The summed E-state index contributed by atoms with van der Waals surface area (Å²) in [5.41, 5.74) is 4.24. The molecule has 0 radical (unpaired) electrons. The lowest BCUT2D eigenvalue weighted by Gasteiger charge is -2.40. The van der Waals surface area contributed by atoms with Gasteiger partial charge in [-0.3, -0.25) is 0 Å². The van der Waals surface area contributed by atoms with Crippen LogP contribution < -0.4 is 0 Å². The van der Waals surface area contributed by atoms with E-state index < -0.39 is 0 Å². The summed E-state index contributed by atoms with van der Waals surface area (Å²) in [6.45, 7) is 8.49. The van der Waals surface area contributed by atoms with Gasteiger partial charge < -0.3 is 14.7 Å². The fourth-order valence-electron chi connectivity index (χ4n) is 4.96. The summed E-state index contributed by atoms with van der Waals surface area (Å²) in [5.74, 6) is 0. The van der Waals surface area contributed by atoms with Crippen molar-refractivity contribution in [3.8, 4) is 0 Å². The van der Waals surface area contributed by atoms with Crippen LogP contribution in [0.5, 0.6) is 0 Å². The van der Waals surface area contributed by atoms with Gasteiger partial charge in [0.15, 0.2) is 0 Å². The van der Waals surface area contributed by atoms with E-state index in [0.717, 1.165) is 39.3 Å². The van der Waals surface area contributed by atoms with Crippen molar-refractivity contribution in [2.75, 3.05) is 40.8 Å². The molecule has 3 aromatic rings. The molecule has 0 spiro atoms. The van der Waals surface area contributed by atoms with Gasteiger partial charge in [-0.2, -0.15) is 0 Å². The topological polar surface area (TPSA) is 9.72 Å². The first kappa shape index (κ1) is 24.2. The molecular formula is C29H39N3. The first-order chi connectivity index (χ1) is 15.4. The van der Waals surface area contributed by atoms with Crippen molar-refractivity contribution in [2.45, 2.75) is 26.6 Å². The van der Waals surface area contributed by atoms with E-state index in [1.54, 1.807) is 0 Å². The number of nitrogens with zero attached hydrogens (tertiary/aromatic N) is 3. The Balaban J connectivity index is 1.67. The Morgan fingerprint density at radius 3 is 0.969 bits per heavy atom. The van der Waals surface area contributed by atoms with Gasteiger partial charge in [0.25, 0.3) is 0 Å². The summed E-state index contributed by atoms with van der Waals surface area (Å²) < 4.78 is 0. The molecule has 170 valence electrons. The molecular weight excluding hydrogens is 390 g/mol. The molecule has 3 nitrogen and oxygen atoms in total. The average molecular weight is 430 g/mol. The van der Waals surface area contributed by atoms with Crippen LogP contribution in [0.4, 0.5) is 0 Å². The van der Waals surface area contributed by atoms with Crippen LogP contribution in [0.2, 0.25) is 0 Å². The minimum absolute atomic E-state index is 0.136. The number of hydrogen-bond donors (Lipinski definition) is 0. The maximum Gasteiger partial charge on any atom is 0.0230 e. The van der Waals surface area contributed by atoms with E-state index in [9.17, 15) is 0 Å². The third-order valence-corrected chi connectivity index (χ3v) is 5.84. The highest BCUT2D eigenvalue weighted by atomic mass is 15.2. The molecule has 0 atom stereocenters. The Hall–Kier alpha value is -2.46. The van der Waals surface area contributed by atoms with E-state index in [1.165, 1.54) is 16.7 Å². The lowest BCUT2D eigenvalue weighted by atomic mass is 9.88. The van der Waals surface area contributed by atoms with Crippen molar-refractivity contribution < 1.29 is 0 Å². The molecule has 0 aliphatic rings. The van der Waals surface area contributed by atoms with E-state index in [1.807, 2.05) is 0 Å². The van der Waals surface area contributed by atoms with Crippen molar-refractivity contribution in [3.05, 3.63) is 108 Å². The standard InChI is InChI=1S/C29H39N3/c1-29(23-30(2)20-26-14-8-5-9-15-26,24-31(3)21-27-16-10-6-11-17-27)25-32(4)22-28-18-12-7-13-19-28/h5-19H,20-25H2,1-4H3. The Labute approximate surface area is 195 Å². The highest BCUT2D eigenvalue weighted by Gasteiger charge is 2.29. The maximum absolute atomic E-state index is 2.47. The van der Waals surface area contributed by atoms with Crippen LogP contribution >= 0.6 is 0 Å². The molecule has 0 saturated carbocycles. The van der Waals surface area contributed by atoms with Crippen LogP contribution in [0.15, 0.2) is 91.0 Å². The number of benzene rings is 3. The van der Waals surface area contributed by atoms with E-state index in [4.69, 9.17) is 0 Å². The molecule has 0 aromatic heterocycles. The van der Waals surface area contributed by atoms with E-state index >= 15 is 0 Å². The van der Waals surface area contributed by atoms with Crippen molar-refractivity contribution in [1.82, 2.24) is 14.7 Å². The zero-order chi connectivity index (χ0) is 22.8. The molecule has 0 saturated heterocycles. The molecule has 0 N–H and O–H groups in total. The molecule has 0 fully saturated rings. The quantitative estimate of drug-likeness (QED) is 0.382. The summed E-state index contributed by atoms with van der Waals surface area (Å²) in [6, 6.07) is 32.4. The Bertz CT molecular complexity index is 775.